The Kier molecular flexibility index (Phi) is 4.70. The van der Waals surface area contributed by atoms with Crippen molar-refractivity contribution in [1.29, 1.82) is 0 Å². The molecule has 104 valence electrons. The van der Waals surface area contributed by atoms with E-state index in [2.05, 4.69) is 5.32 Å². The molecule has 3 N–H and O–H groups in total. The first-order valence-electron chi connectivity index (χ1n) is 5.90. The van der Waals surface area contributed by atoms with Crippen LogP contribution in [-0.4, -0.2) is 18.0 Å². The van der Waals surface area contributed by atoms with Crippen LogP contribution in [-0.2, 0) is 6.54 Å². The van der Waals surface area contributed by atoms with Gasteiger partial charge in [0.1, 0.15) is 15.6 Å². The highest BCUT2D eigenvalue weighted by Crippen LogP contribution is 2.24. The van der Waals surface area contributed by atoms with Gasteiger partial charge in [-0.25, -0.2) is 0 Å². The summed E-state index contributed by atoms with van der Waals surface area (Å²) >= 11 is 6.24. The average Bonchev–Trinajstić information content (AvgIpc) is 2.93. The van der Waals surface area contributed by atoms with Gasteiger partial charge in [-0.3, -0.25) is 4.79 Å². The molecule has 0 bridgehead atoms. The van der Waals surface area contributed by atoms with E-state index < -0.39 is 0 Å². The third-order valence-electron chi connectivity index (χ3n) is 2.75. The summed E-state index contributed by atoms with van der Waals surface area (Å²) in [6.07, 6.45) is 0. The standard InChI is InChI=1S/C14H14N2O2S2/c1-18-11-6-7-20-12(11)14(17)16-8-9-2-4-10(5-3-9)13(15)19/h2-7H,8H2,1H3,(H2,15,19)(H,16,17). The van der Waals surface area contributed by atoms with Crippen LogP contribution in [0.4, 0.5) is 0 Å². The summed E-state index contributed by atoms with van der Waals surface area (Å²) in [6, 6.07) is 9.24. The van der Waals surface area contributed by atoms with Crippen molar-refractivity contribution in [3.05, 3.63) is 51.7 Å². The van der Waals surface area contributed by atoms with Crippen LogP contribution in [0.3, 0.4) is 0 Å². The average molecular weight is 306 g/mol. The minimum Gasteiger partial charge on any atom is -0.495 e. The molecule has 1 heterocycles. The maximum Gasteiger partial charge on any atom is 0.265 e. The number of nitrogens with one attached hydrogen (secondary N) is 1. The maximum absolute atomic E-state index is 12.0. The summed E-state index contributed by atoms with van der Waals surface area (Å²) in [5.41, 5.74) is 7.33. The molecular formula is C14H14N2O2S2. The van der Waals surface area contributed by atoms with Crippen molar-refractivity contribution < 1.29 is 9.53 Å². The molecule has 1 amide bonds. The molecule has 0 aliphatic rings. The molecule has 0 aliphatic heterocycles. The summed E-state index contributed by atoms with van der Waals surface area (Å²) < 4.78 is 5.12. The second-order valence-electron chi connectivity index (χ2n) is 4.06. The Hall–Kier alpha value is -1.92. The number of amides is 1. The molecule has 2 aromatic rings. The van der Waals surface area contributed by atoms with Crippen LogP contribution in [0.2, 0.25) is 0 Å². The normalized spacial score (nSPS) is 10.1. The highest BCUT2D eigenvalue weighted by Gasteiger charge is 2.13. The van der Waals surface area contributed by atoms with Crippen molar-refractivity contribution in [2.45, 2.75) is 6.54 Å². The van der Waals surface area contributed by atoms with Crippen molar-refractivity contribution in [2.75, 3.05) is 7.11 Å². The van der Waals surface area contributed by atoms with Crippen molar-refractivity contribution in [3.8, 4) is 5.75 Å². The molecule has 0 aliphatic carbocycles. The lowest BCUT2D eigenvalue weighted by Crippen LogP contribution is -2.22. The number of hydrogen-bond acceptors (Lipinski definition) is 4. The highest BCUT2D eigenvalue weighted by atomic mass is 32.1. The van der Waals surface area contributed by atoms with E-state index in [9.17, 15) is 4.79 Å². The van der Waals surface area contributed by atoms with Gasteiger partial charge in [0.15, 0.2) is 0 Å². The van der Waals surface area contributed by atoms with Gasteiger partial charge >= 0.3 is 0 Å². The van der Waals surface area contributed by atoms with E-state index in [1.165, 1.54) is 11.3 Å². The van der Waals surface area contributed by atoms with Crippen molar-refractivity contribution in [1.82, 2.24) is 5.32 Å². The summed E-state index contributed by atoms with van der Waals surface area (Å²) in [5, 5.41) is 4.68. The van der Waals surface area contributed by atoms with Crippen molar-refractivity contribution in [3.63, 3.8) is 0 Å². The molecule has 0 atom stereocenters. The zero-order valence-corrected chi connectivity index (χ0v) is 12.5. The number of methoxy groups -OCH3 is 1. The predicted octanol–water partition coefficient (Wildman–Crippen LogP) is 2.32. The van der Waals surface area contributed by atoms with E-state index in [0.717, 1.165) is 11.1 Å². The SMILES string of the molecule is COc1ccsc1C(=O)NCc1ccc(C(N)=S)cc1. The summed E-state index contributed by atoms with van der Waals surface area (Å²) in [4.78, 5) is 13.0. The molecule has 2 rings (SSSR count). The van der Waals surface area contributed by atoms with Crippen LogP contribution in [0, 0.1) is 0 Å². The van der Waals surface area contributed by atoms with Crippen LogP contribution in [0.15, 0.2) is 35.7 Å². The molecule has 1 aromatic heterocycles. The number of hydrogen-bond donors (Lipinski definition) is 2. The topological polar surface area (TPSA) is 64.3 Å². The van der Waals surface area contributed by atoms with Gasteiger partial charge in [-0.2, -0.15) is 0 Å². The largest absolute Gasteiger partial charge is 0.495 e. The number of ether oxygens (including phenoxy) is 1. The molecule has 0 unspecified atom stereocenters. The molecule has 0 fully saturated rings. The highest BCUT2D eigenvalue weighted by molar-refractivity contribution is 7.80. The Bertz CT molecular complexity index is 620. The predicted molar refractivity (Wildman–Crippen MR) is 84.4 cm³/mol. The van der Waals surface area contributed by atoms with E-state index in [-0.39, 0.29) is 5.91 Å². The first kappa shape index (κ1) is 14.5. The number of thiophene rings is 1. The van der Waals surface area contributed by atoms with Gasteiger partial charge in [0.05, 0.1) is 7.11 Å². The van der Waals surface area contributed by atoms with Crippen LogP contribution in [0.5, 0.6) is 5.75 Å². The first-order valence-corrected chi connectivity index (χ1v) is 7.19. The number of nitrogens with two attached hydrogens (primary N) is 1. The van der Waals surface area contributed by atoms with Gasteiger partial charge in [-0.1, -0.05) is 36.5 Å². The lowest BCUT2D eigenvalue weighted by atomic mass is 10.1. The van der Waals surface area contributed by atoms with Gasteiger partial charge in [-0.05, 0) is 17.0 Å². The lowest BCUT2D eigenvalue weighted by molar-refractivity contribution is 0.0952. The van der Waals surface area contributed by atoms with Crippen molar-refractivity contribution in [2.24, 2.45) is 5.73 Å². The van der Waals surface area contributed by atoms with E-state index in [1.54, 1.807) is 13.2 Å². The molecule has 0 radical (unpaired) electrons. The maximum atomic E-state index is 12.0. The molecule has 4 nitrogen and oxygen atoms in total. The van der Waals surface area contributed by atoms with Gasteiger partial charge in [0, 0.05) is 12.1 Å². The van der Waals surface area contributed by atoms with E-state index >= 15 is 0 Å². The zero-order valence-electron chi connectivity index (χ0n) is 10.9. The number of thiocarbonyl (C=S) groups is 1. The third-order valence-corrected chi connectivity index (χ3v) is 3.88. The monoisotopic (exact) mass is 306 g/mol. The fraction of sp³-hybridized carbons (Fsp3) is 0.143. The van der Waals surface area contributed by atoms with Gasteiger partial charge in [0.25, 0.3) is 5.91 Å². The fourth-order valence-electron chi connectivity index (χ4n) is 1.67. The van der Waals surface area contributed by atoms with Crippen LogP contribution < -0.4 is 15.8 Å². The Morgan fingerprint density at radius 1 is 1.35 bits per heavy atom. The van der Waals surface area contributed by atoms with Crippen LogP contribution >= 0.6 is 23.6 Å². The number of rotatable bonds is 5. The second-order valence-corrected chi connectivity index (χ2v) is 5.42. The smallest absolute Gasteiger partial charge is 0.265 e. The zero-order chi connectivity index (χ0) is 14.5. The first-order chi connectivity index (χ1) is 9.61. The molecule has 0 saturated heterocycles. The molecule has 1 aromatic carbocycles. The minimum atomic E-state index is -0.143. The van der Waals surface area contributed by atoms with Crippen molar-refractivity contribution >= 4 is 34.5 Å². The Morgan fingerprint density at radius 3 is 2.65 bits per heavy atom. The third kappa shape index (κ3) is 3.34. The molecule has 20 heavy (non-hydrogen) atoms. The lowest BCUT2D eigenvalue weighted by Gasteiger charge is -2.06. The molecular weight excluding hydrogens is 292 g/mol. The van der Waals surface area contributed by atoms with E-state index in [0.29, 0.717) is 22.2 Å². The van der Waals surface area contributed by atoms with Gasteiger partial charge in [-0.15, -0.1) is 11.3 Å². The Balaban J connectivity index is 1.98. The summed E-state index contributed by atoms with van der Waals surface area (Å²) in [6.45, 7) is 0.442. The van der Waals surface area contributed by atoms with Gasteiger partial charge < -0.3 is 15.8 Å². The quantitative estimate of drug-likeness (QED) is 0.832. The van der Waals surface area contributed by atoms with E-state index in [1.807, 2.05) is 29.6 Å². The van der Waals surface area contributed by atoms with Crippen LogP contribution in [0.1, 0.15) is 20.8 Å². The number of benzene rings is 1. The van der Waals surface area contributed by atoms with Gasteiger partial charge in [0.2, 0.25) is 0 Å². The summed E-state index contributed by atoms with van der Waals surface area (Å²) in [5.74, 6) is 0.451. The molecule has 0 spiro atoms. The van der Waals surface area contributed by atoms with E-state index in [4.69, 9.17) is 22.7 Å². The Morgan fingerprint density at radius 2 is 2.05 bits per heavy atom. The summed E-state index contributed by atoms with van der Waals surface area (Å²) in [7, 11) is 1.55. The number of carbonyl (C=O) groups is 1. The molecule has 0 saturated carbocycles. The fourth-order valence-corrected chi connectivity index (χ4v) is 2.58. The minimum absolute atomic E-state index is 0.143. The number of carbonyl (C=O) groups excluding carboxylic acids is 1. The molecule has 6 heteroatoms. The van der Waals surface area contributed by atoms with Crippen LogP contribution in [0.25, 0.3) is 0 Å². The second kappa shape index (κ2) is 6.49. The Labute approximate surface area is 126 Å².